The Kier molecular flexibility index (Phi) is 5.69. The normalized spacial score (nSPS) is 24.4. The first-order valence-electron chi connectivity index (χ1n) is 11.1. The predicted octanol–water partition coefficient (Wildman–Crippen LogP) is 2.22. The van der Waals surface area contributed by atoms with Crippen molar-refractivity contribution in [2.45, 2.75) is 71.9 Å². The minimum Gasteiger partial charge on any atom is -0.461 e. The number of rotatable bonds is 5. The minimum atomic E-state index is -0.367. The SMILES string of the molecule is Cc1nn(CCC(=O)N2CCC3(CC2)CC(CN2CCCC2)OC3=O)c(C)c1C. The van der Waals surface area contributed by atoms with E-state index in [4.69, 9.17) is 4.74 Å². The number of carbonyl (C=O) groups excluding carboxylic acids is 2. The molecular weight excluding hydrogens is 368 g/mol. The molecule has 0 N–H and O–H groups in total. The van der Waals surface area contributed by atoms with Crippen LogP contribution in [0.4, 0.5) is 0 Å². The molecule has 1 amide bonds. The maximum Gasteiger partial charge on any atom is 0.312 e. The molecule has 0 aliphatic carbocycles. The molecule has 0 radical (unpaired) electrons. The van der Waals surface area contributed by atoms with Gasteiger partial charge in [0.1, 0.15) is 6.10 Å². The molecule has 1 atom stereocenters. The van der Waals surface area contributed by atoms with Crippen LogP contribution in [0.2, 0.25) is 0 Å². The standard InChI is InChI=1S/C22H34N4O3/c1-16-17(2)23-26(18(16)3)11-6-20(27)25-12-7-22(8-13-25)14-19(29-21(22)28)15-24-9-4-5-10-24/h19H,4-15H2,1-3H3. The Labute approximate surface area is 173 Å². The lowest BCUT2D eigenvalue weighted by Gasteiger charge is -2.36. The number of esters is 1. The highest BCUT2D eigenvalue weighted by Gasteiger charge is 2.51. The zero-order valence-corrected chi connectivity index (χ0v) is 18.1. The second kappa shape index (κ2) is 8.09. The zero-order chi connectivity index (χ0) is 20.6. The molecule has 7 nitrogen and oxygen atoms in total. The van der Waals surface area contributed by atoms with Crippen LogP contribution in [0.25, 0.3) is 0 Å². The number of aryl methyl sites for hydroxylation is 2. The molecule has 1 aromatic rings. The van der Waals surface area contributed by atoms with Gasteiger partial charge in [-0.1, -0.05) is 0 Å². The van der Waals surface area contributed by atoms with Gasteiger partial charge in [0, 0.05) is 44.7 Å². The van der Waals surface area contributed by atoms with Crippen LogP contribution in [0.1, 0.15) is 55.5 Å². The van der Waals surface area contributed by atoms with Gasteiger partial charge in [0.05, 0.1) is 11.1 Å². The van der Waals surface area contributed by atoms with Gasteiger partial charge in [-0.25, -0.2) is 0 Å². The fraction of sp³-hybridized carbons (Fsp3) is 0.773. The van der Waals surface area contributed by atoms with Gasteiger partial charge >= 0.3 is 5.97 Å². The molecule has 3 fully saturated rings. The summed E-state index contributed by atoms with van der Waals surface area (Å²) in [6.45, 7) is 11.2. The summed E-state index contributed by atoms with van der Waals surface area (Å²) in [5.74, 6) is 0.122. The maximum atomic E-state index is 12.7. The van der Waals surface area contributed by atoms with Gasteiger partial charge in [-0.05, 0) is 65.1 Å². The minimum absolute atomic E-state index is 0.0251. The molecule has 4 heterocycles. The van der Waals surface area contributed by atoms with Crippen molar-refractivity contribution in [2.24, 2.45) is 5.41 Å². The third-order valence-corrected chi connectivity index (χ3v) is 7.34. The number of ether oxygens (including phenoxy) is 1. The fourth-order valence-electron chi connectivity index (χ4n) is 5.15. The molecule has 7 heteroatoms. The smallest absolute Gasteiger partial charge is 0.312 e. The summed E-state index contributed by atoms with van der Waals surface area (Å²) in [5.41, 5.74) is 2.98. The number of cyclic esters (lactones) is 1. The van der Waals surface area contributed by atoms with Gasteiger partial charge in [-0.3, -0.25) is 19.2 Å². The summed E-state index contributed by atoms with van der Waals surface area (Å²) >= 11 is 0. The van der Waals surface area contributed by atoms with E-state index in [1.54, 1.807) is 0 Å². The molecule has 1 unspecified atom stereocenters. The number of hydrogen-bond donors (Lipinski definition) is 0. The second-order valence-electron chi connectivity index (χ2n) is 9.17. The number of nitrogens with zero attached hydrogens (tertiary/aromatic N) is 4. The number of carbonyl (C=O) groups is 2. The van der Waals surface area contributed by atoms with E-state index in [0.717, 1.165) is 50.3 Å². The van der Waals surface area contributed by atoms with Crippen LogP contribution in [0.5, 0.6) is 0 Å². The van der Waals surface area contributed by atoms with Crippen LogP contribution in [-0.4, -0.2) is 70.3 Å². The lowest BCUT2D eigenvalue weighted by molar-refractivity contribution is -0.152. The first-order valence-corrected chi connectivity index (χ1v) is 11.1. The molecule has 3 saturated heterocycles. The van der Waals surface area contributed by atoms with Crippen molar-refractivity contribution in [2.75, 3.05) is 32.7 Å². The summed E-state index contributed by atoms with van der Waals surface area (Å²) < 4.78 is 7.68. The molecule has 1 spiro atoms. The summed E-state index contributed by atoms with van der Waals surface area (Å²) in [6.07, 6.45) is 5.25. The number of piperidine rings is 1. The fourth-order valence-corrected chi connectivity index (χ4v) is 5.15. The van der Waals surface area contributed by atoms with Crippen LogP contribution >= 0.6 is 0 Å². The molecule has 3 aliphatic heterocycles. The van der Waals surface area contributed by atoms with Gasteiger partial charge in [0.15, 0.2) is 0 Å². The van der Waals surface area contributed by atoms with Gasteiger partial charge in [-0.2, -0.15) is 5.10 Å². The predicted molar refractivity (Wildman–Crippen MR) is 109 cm³/mol. The largest absolute Gasteiger partial charge is 0.461 e. The van der Waals surface area contributed by atoms with Crippen molar-refractivity contribution in [3.63, 3.8) is 0 Å². The van der Waals surface area contributed by atoms with Gasteiger partial charge in [0.2, 0.25) is 5.91 Å². The van der Waals surface area contributed by atoms with E-state index in [1.807, 2.05) is 16.5 Å². The van der Waals surface area contributed by atoms with Crippen LogP contribution in [0, 0.1) is 26.2 Å². The summed E-state index contributed by atoms with van der Waals surface area (Å²) in [5, 5.41) is 4.53. The lowest BCUT2D eigenvalue weighted by Crippen LogP contribution is -2.45. The van der Waals surface area contributed by atoms with E-state index in [0.29, 0.717) is 26.1 Å². The van der Waals surface area contributed by atoms with Crippen molar-refractivity contribution in [1.29, 1.82) is 0 Å². The van der Waals surface area contributed by atoms with Crippen LogP contribution in [0.3, 0.4) is 0 Å². The Morgan fingerprint density at radius 2 is 1.83 bits per heavy atom. The number of likely N-dealkylation sites (tertiary alicyclic amines) is 2. The second-order valence-corrected chi connectivity index (χ2v) is 9.17. The quantitative estimate of drug-likeness (QED) is 0.707. The Morgan fingerprint density at radius 1 is 1.14 bits per heavy atom. The molecule has 0 saturated carbocycles. The van der Waals surface area contributed by atoms with Crippen LogP contribution in [0.15, 0.2) is 0 Å². The molecule has 3 aliphatic rings. The average Bonchev–Trinajstić information content (AvgIpc) is 3.38. The average molecular weight is 403 g/mol. The Balaban J connectivity index is 1.27. The van der Waals surface area contributed by atoms with Crippen LogP contribution in [-0.2, 0) is 20.9 Å². The topological polar surface area (TPSA) is 67.7 Å². The summed E-state index contributed by atoms with van der Waals surface area (Å²) in [4.78, 5) is 29.7. The highest BCUT2D eigenvalue weighted by atomic mass is 16.6. The molecule has 1 aromatic heterocycles. The summed E-state index contributed by atoms with van der Waals surface area (Å²) in [6, 6.07) is 0. The van der Waals surface area contributed by atoms with Crippen molar-refractivity contribution in [3.8, 4) is 0 Å². The number of hydrogen-bond acceptors (Lipinski definition) is 5. The van der Waals surface area contributed by atoms with Crippen LogP contribution < -0.4 is 0 Å². The first kappa shape index (κ1) is 20.4. The molecular formula is C22H34N4O3. The monoisotopic (exact) mass is 402 g/mol. The number of amides is 1. The van der Waals surface area contributed by atoms with Crippen molar-refractivity contribution < 1.29 is 14.3 Å². The molecule has 0 aromatic carbocycles. The number of aromatic nitrogens is 2. The lowest BCUT2D eigenvalue weighted by atomic mass is 9.76. The van der Waals surface area contributed by atoms with Gasteiger partial charge in [0.25, 0.3) is 0 Å². The first-order chi connectivity index (χ1) is 13.9. The van der Waals surface area contributed by atoms with Crippen molar-refractivity contribution >= 4 is 11.9 Å². The molecule has 29 heavy (non-hydrogen) atoms. The third kappa shape index (κ3) is 4.06. The molecule has 4 rings (SSSR count). The van der Waals surface area contributed by atoms with E-state index in [2.05, 4.69) is 23.8 Å². The Hall–Kier alpha value is -1.89. The van der Waals surface area contributed by atoms with Crippen molar-refractivity contribution in [3.05, 3.63) is 17.0 Å². The maximum absolute atomic E-state index is 12.7. The van der Waals surface area contributed by atoms with Gasteiger partial charge < -0.3 is 9.64 Å². The van der Waals surface area contributed by atoms with E-state index in [9.17, 15) is 9.59 Å². The molecule has 0 bridgehead atoms. The van der Waals surface area contributed by atoms with E-state index >= 15 is 0 Å². The van der Waals surface area contributed by atoms with E-state index in [1.165, 1.54) is 18.4 Å². The third-order valence-electron chi connectivity index (χ3n) is 7.34. The molecule has 160 valence electrons. The van der Waals surface area contributed by atoms with Crippen molar-refractivity contribution in [1.82, 2.24) is 19.6 Å². The highest BCUT2D eigenvalue weighted by Crippen LogP contribution is 2.43. The van der Waals surface area contributed by atoms with E-state index in [-0.39, 0.29) is 23.4 Å². The summed E-state index contributed by atoms with van der Waals surface area (Å²) in [7, 11) is 0. The van der Waals surface area contributed by atoms with Gasteiger partial charge in [-0.15, -0.1) is 0 Å². The zero-order valence-electron chi connectivity index (χ0n) is 18.1. The Morgan fingerprint density at radius 3 is 2.45 bits per heavy atom. The van der Waals surface area contributed by atoms with E-state index < -0.39 is 0 Å². The highest BCUT2D eigenvalue weighted by molar-refractivity contribution is 5.80. The Bertz CT molecular complexity index is 773.